The third-order valence-electron chi connectivity index (χ3n) is 3.53. The molecule has 0 fully saturated rings. The monoisotopic (exact) mass is 209 g/mol. The zero-order valence-corrected chi connectivity index (χ0v) is 11.0. The van der Waals surface area contributed by atoms with Crippen LogP contribution in [0.2, 0.25) is 0 Å². The van der Waals surface area contributed by atoms with Gasteiger partial charge < -0.3 is 5.32 Å². The average molecular weight is 209 g/mol. The van der Waals surface area contributed by atoms with E-state index in [4.69, 9.17) is 0 Å². The molecule has 0 saturated carbocycles. The largest absolute Gasteiger partial charge is 0.316 e. The predicted octanol–water partition coefficient (Wildman–Crippen LogP) is 3.47. The van der Waals surface area contributed by atoms with Gasteiger partial charge >= 0.3 is 0 Å². The zero-order chi connectivity index (χ0) is 11.4. The molecule has 0 aromatic rings. The van der Waals surface area contributed by atoms with Crippen molar-refractivity contribution in [3.8, 4) is 0 Å². The van der Waals surface area contributed by atoms with Crippen molar-refractivity contribution in [3.05, 3.63) is 11.6 Å². The molecule has 0 saturated heterocycles. The first kappa shape index (κ1) is 12.8. The topological polar surface area (TPSA) is 12.0 Å². The number of hydrogen-bond donors (Lipinski definition) is 1. The molecular weight excluding hydrogens is 182 g/mol. The van der Waals surface area contributed by atoms with Gasteiger partial charge in [0.05, 0.1) is 0 Å². The fourth-order valence-electron chi connectivity index (χ4n) is 2.74. The lowest BCUT2D eigenvalue weighted by Crippen LogP contribution is -2.34. The molecule has 1 rings (SSSR count). The van der Waals surface area contributed by atoms with Crippen LogP contribution in [0.1, 0.15) is 41.0 Å². The van der Waals surface area contributed by atoms with Crippen molar-refractivity contribution in [2.75, 3.05) is 13.1 Å². The Labute approximate surface area is 95.3 Å². The van der Waals surface area contributed by atoms with Crippen LogP contribution in [0.5, 0.6) is 0 Å². The van der Waals surface area contributed by atoms with E-state index in [0.717, 1.165) is 30.2 Å². The van der Waals surface area contributed by atoms with Crippen LogP contribution in [0, 0.1) is 23.7 Å². The van der Waals surface area contributed by atoms with Crippen molar-refractivity contribution in [2.45, 2.75) is 41.0 Å². The molecule has 1 N–H and O–H groups in total. The molecule has 1 nitrogen and oxygen atoms in total. The Balaban J connectivity index is 2.40. The van der Waals surface area contributed by atoms with Gasteiger partial charge in [0.25, 0.3) is 0 Å². The second-order valence-corrected chi connectivity index (χ2v) is 5.77. The standard InChI is InChI=1S/C14H27N/c1-10(2)8-15-9-14-12(4)6-11(3)7-13(14)5/h6,10,12-15H,7-9H2,1-5H3/t12-,13+,14+/m1/s1. The van der Waals surface area contributed by atoms with Crippen LogP contribution >= 0.6 is 0 Å². The summed E-state index contributed by atoms with van der Waals surface area (Å²) in [4.78, 5) is 0. The minimum absolute atomic E-state index is 0.744. The molecule has 0 radical (unpaired) electrons. The molecule has 0 spiro atoms. The summed E-state index contributed by atoms with van der Waals surface area (Å²) in [5, 5.41) is 3.60. The molecule has 1 heteroatoms. The molecular formula is C14H27N. The van der Waals surface area contributed by atoms with Crippen molar-refractivity contribution in [3.63, 3.8) is 0 Å². The Kier molecular flexibility index (Phi) is 4.85. The second kappa shape index (κ2) is 5.69. The van der Waals surface area contributed by atoms with Crippen LogP contribution in [0.4, 0.5) is 0 Å². The predicted molar refractivity (Wildman–Crippen MR) is 67.9 cm³/mol. The highest BCUT2D eigenvalue weighted by Crippen LogP contribution is 2.32. The zero-order valence-electron chi connectivity index (χ0n) is 11.0. The van der Waals surface area contributed by atoms with Crippen molar-refractivity contribution >= 4 is 0 Å². The summed E-state index contributed by atoms with van der Waals surface area (Å²) in [6, 6.07) is 0. The number of hydrogen-bond acceptors (Lipinski definition) is 1. The number of nitrogens with one attached hydrogen (secondary N) is 1. The summed E-state index contributed by atoms with van der Waals surface area (Å²) in [5.74, 6) is 3.17. The van der Waals surface area contributed by atoms with Crippen LogP contribution < -0.4 is 5.32 Å². The van der Waals surface area contributed by atoms with Gasteiger partial charge in [-0.1, -0.05) is 39.3 Å². The molecule has 0 aliphatic heterocycles. The first-order valence-electron chi connectivity index (χ1n) is 6.38. The Bertz CT molecular complexity index is 217. The summed E-state index contributed by atoms with van der Waals surface area (Å²) in [6.07, 6.45) is 3.75. The summed E-state index contributed by atoms with van der Waals surface area (Å²) >= 11 is 0. The van der Waals surface area contributed by atoms with Gasteiger partial charge in [-0.05, 0) is 50.1 Å². The Morgan fingerprint density at radius 3 is 2.60 bits per heavy atom. The SMILES string of the molecule is CC1=C[C@@H](C)[C@H](CNCC(C)C)[C@@H](C)C1. The molecule has 0 amide bonds. The highest BCUT2D eigenvalue weighted by atomic mass is 14.9. The van der Waals surface area contributed by atoms with Gasteiger partial charge in [-0.15, -0.1) is 0 Å². The van der Waals surface area contributed by atoms with E-state index < -0.39 is 0 Å². The lowest BCUT2D eigenvalue weighted by Gasteiger charge is -2.33. The van der Waals surface area contributed by atoms with Crippen molar-refractivity contribution in [1.29, 1.82) is 0 Å². The summed E-state index contributed by atoms with van der Waals surface area (Å²) in [6.45, 7) is 13.9. The van der Waals surface area contributed by atoms with Crippen molar-refractivity contribution in [1.82, 2.24) is 5.32 Å². The van der Waals surface area contributed by atoms with Crippen molar-refractivity contribution in [2.24, 2.45) is 23.7 Å². The van der Waals surface area contributed by atoms with Crippen LogP contribution in [0.3, 0.4) is 0 Å². The van der Waals surface area contributed by atoms with Gasteiger partial charge in [0, 0.05) is 0 Å². The first-order valence-corrected chi connectivity index (χ1v) is 6.38. The average Bonchev–Trinajstić information content (AvgIpc) is 2.08. The van der Waals surface area contributed by atoms with E-state index in [1.54, 1.807) is 5.57 Å². The molecule has 0 unspecified atom stereocenters. The summed E-state index contributed by atoms with van der Waals surface area (Å²) in [5.41, 5.74) is 1.58. The van der Waals surface area contributed by atoms with Crippen molar-refractivity contribution < 1.29 is 0 Å². The molecule has 0 aromatic carbocycles. The first-order chi connectivity index (χ1) is 7.00. The number of rotatable bonds is 4. The molecule has 1 aliphatic rings. The minimum atomic E-state index is 0.744. The van der Waals surface area contributed by atoms with E-state index in [0.29, 0.717) is 0 Å². The smallest absolute Gasteiger partial charge is 0.00122 e. The maximum Gasteiger partial charge on any atom is -0.00122 e. The molecule has 15 heavy (non-hydrogen) atoms. The van der Waals surface area contributed by atoms with E-state index >= 15 is 0 Å². The molecule has 3 atom stereocenters. The van der Waals surface area contributed by atoms with Crippen LogP contribution in [-0.2, 0) is 0 Å². The maximum absolute atomic E-state index is 3.60. The third kappa shape index (κ3) is 3.98. The maximum atomic E-state index is 3.60. The van der Waals surface area contributed by atoms with Gasteiger partial charge in [-0.2, -0.15) is 0 Å². The summed E-state index contributed by atoms with van der Waals surface area (Å²) < 4.78 is 0. The van der Waals surface area contributed by atoms with Gasteiger partial charge in [0.15, 0.2) is 0 Å². The van der Waals surface area contributed by atoms with Crippen LogP contribution in [0.15, 0.2) is 11.6 Å². The Hall–Kier alpha value is -0.300. The Morgan fingerprint density at radius 2 is 2.07 bits per heavy atom. The van der Waals surface area contributed by atoms with E-state index in [1.807, 2.05) is 0 Å². The normalized spacial score (nSPS) is 31.9. The highest BCUT2D eigenvalue weighted by molar-refractivity contribution is 5.08. The summed E-state index contributed by atoms with van der Waals surface area (Å²) in [7, 11) is 0. The number of allylic oxidation sites excluding steroid dienone is 2. The van der Waals surface area contributed by atoms with Gasteiger partial charge in [0.1, 0.15) is 0 Å². The lowest BCUT2D eigenvalue weighted by molar-refractivity contribution is 0.258. The Morgan fingerprint density at radius 1 is 1.40 bits per heavy atom. The van der Waals surface area contributed by atoms with E-state index in [1.165, 1.54) is 13.0 Å². The fourth-order valence-corrected chi connectivity index (χ4v) is 2.74. The second-order valence-electron chi connectivity index (χ2n) is 5.77. The van der Waals surface area contributed by atoms with Gasteiger partial charge in [-0.3, -0.25) is 0 Å². The molecule has 0 bridgehead atoms. The molecule has 88 valence electrons. The van der Waals surface area contributed by atoms with Gasteiger partial charge in [-0.25, -0.2) is 0 Å². The lowest BCUT2D eigenvalue weighted by atomic mass is 9.75. The fraction of sp³-hybridized carbons (Fsp3) is 0.857. The highest BCUT2D eigenvalue weighted by Gasteiger charge is 2.25. The molecule has 0 heterocycles. The van der Waals surface area contributed by atoms with Gasteiger partial charge in [0.2, 0.25) is 0 Å². The molecule has 0 aromatic heterocycles. The van der Waals surface area contributed by atoms with E-state index in [2.05, 4.69) is 46.0 Å². The minimum Gasteiger partial charge on any atom is -0.316 e. The third-order valence-corrected chi connectivity index (χ3v) is 3.53. The van der Waals surface area contributed by atoms with E-state index in [-0.39, 0.29) is 0 Å². The van der Waals surface area contributed by atoms with E-state index in [9.17, 15) is 0 Å². The quantitative estimate of drug-likeness (QED) is 0.699. The molecule has 1 aliphatic carbocycles. The van der Waals surface area contributed by atoms with Crippen LogP contribution in [-0.4, -0.2) is 13.1 Å². The van der Waals surface area contributed by atoms with Crippen LogP contribution in [0.25, 0.3) is 0 Å².